The van der Waals surface area contributed by atoms with Crippen LogP contribution in [0, 0.1) is 18.3 Å². The Hall–Kier alpha value is -2.32. The van der Waals surface area contributed by atoms with Crippen LogP contribution in [0.5, 0.6) is 5.75 Å². The van der Waals surface area contributed by atoms with Crippen molar-refractivity contribution in [3.05, 3.63) is 59.7 Å². The van der Waals surface area contributed by atoms with Gasteiger partial charge in [0.1, 0.15) is 11.0 Å². The predicted octanol–water partition coefficient (Wildman–Crippen LogP) is 2.63. The summed E-state index contributed by atoms with van der Waals surface area (Å²) in [6, 6.07) is 14.5. The van der Waals surface area contributed by atoms with Gasteiger partial charge in [-0.05, 0) is 36.8 Å². The quantitative estimate of drug-likeness (QED) is 0.806. The minimum Gasteiger partial charge on any atom is -0.378 e. The predicted molar refractivity (Wildman–Crippen MR) is 70.1 cm³/mol. The Morgan fingerprint density at radius 2 is 1.84 bits per heavy atom. The van der Waals surface area contributed by atoms with Gasteiger partial charge in [0.05, 0.1) is 5.56 Å². The van der Waals surface area contributed by atoms with Crippen LogP contribution in [0.2, 0.25) is 0 Å². The van der Waals surface area contributed by atoms with Crippen LogP contribution >= 0.6 is 0 Å². The van der Waals surface area contributed by atoms with E-state index in [0.29, 0.717) is 0 Å². The third kappa shape index (κ3) is 2.92. The number of nitriles is 1. The van der Waals surface area contributed by atoms with Gasteiger partial charge < -0.3 is 4.18 Å². The van der Waals surface area contributed by atoms with E-state index in [0.717, 1.165) is 5.56 Å². The summed E-state index contributed by atoms with van der Waals surface area (Å²) in [6.45, 7) is 1.79. The standard InChI is InChI=1S/C14H11NO3S/c1-11-5-4-7-13(9-11)19(16,17)18-14-8-3-2-6-12(14)10-15/h2-9H,1H3. The number of nitrogens with zero attached hydrogens (tertiary/aromatic N) is 1. The molecule has 5 heteroatoms. The van der Waals surface area contributed by atoms with E-state index in [2.05, 4.69) is 0 Å². The molecule has 0 aliphatic rings. The van der Waals surface area contributed by atoms with Gasteiger partial charge in [-0.1, -0.05) is 24.3 Å². The van der Waals surface area contributed by atoms with Gasteiger partial charge in [0.2, 0.25) is 0 Å². The fraction of sp³-hybridized carbons (Fsp3) is 0.0714. The van der Waals surface area contributed by atoms with Gasteiger partial charge in [-0.15, -0.1) is 0 Å². The van der Waals surface area contributed by atoms with E-state index in [1.54, 1.807) is 31.2 Å². The molecule has 19 heavy (non-hydrogen) atoms. The van der Waals surface area contributed by atoms with Gasteiger partial charge in [-0.25, -0.2) is 0 Å². The van der Waals surface area contributed by atoms with Crippen molar-refractivity contribution in [2.75, 3.05) is 0 Å². The Kier molecular flexibility index (Phi) is 3.54. The van der Waals surface area contributed by atoms with Crippen LogP contribution in [0.1, 0.15) is 11.1 Å². The first-order chi connectivity index (χ1) is 9.03. The molecule has 0 heterocycles. The van der Waals surface area contributed by atoms with Crippen LogP contribution < -0.4 is 4.18 Å². The molecule has 0 spiro atoms. The van der Waals surface area contributed by atoms with Crippen molar-refractivity contribution in [1.82, 2.24) is 0 Å². The molecular weight excluding hydrogens is 262 g/mol. The van der Waals surface area contributed by atoms with E-state index < -0.39 is 10.1 Å². The summed E-state index contributed by atoms with van der Waals surface area (Å²) in [5.74, 6) is 0.0338. The fourth-order valence-electron chi connectivity index (χ4n) is 1.57. The summed E-state index contributed by atoms with van der Waals surface area (Å²) in [5, 5.41) is 8.91. The van der Waals surface area contributed by atoms with Crippen molar-refractivity contribution in [2.24, 2.45) is 0 Å². The molecule has 0 N–H and O–H groups in total. The fourth-order valence-corrected chi connectivity index (χ4v) is 2.62. The maximum Gasteiger partial charge on any atom is 0.339 e. The zero-order valence-corrected chi connectivity index (χ0v) is 11.0. The first-order valence-corrected chi connectivity index (χ1v) is 6.94. The van der Waals surface area contributed by atoms with E-state index in [1.165, 1.54) is 24.3 Å². The Labute approximate surface area is 112 Å². The maximum atomic E-state index is 12.1. The van der Waals surface area contributed by atoms with E-state index in [1.807, 2.05) is 6.07 Å². The summed E-state index contributed by atoms with van der Waals surface area (Å²) < 4.78 is 29.2. The van der Waals surface area contributed by atoms with Crippen LogP contribution in [0.25, 0.3) is 0 Å². The molecule has 4 nitrogen and oxygen atoms in total. The Bertz CT molecular complexity index is 745. The molecular formula is C14H11NO3S. The zero-order chi connectivity index (χ0) is 13.9. The number of benzene rings is 2. The lowest BCUT2D eigenvalue weighted by Gasteiger charge is -2.08. The minimum atomic E-state index is -3.92. The first kappa shape index (κ1) is 13.1. The molecule has 0 fully saturated rings. The molecule has 0 saturated carbocycles. The number of aryl methyl sites for hydroxylation is 1. The summed E-state index contributed by atoms with van der Waals surface area (Å²) >= 11 is 0. The molecule has 0 saturated heterocycles. The van der Waals surface area contributed by atoms with Crippen molar-refractivity contribution in [1.29, 1.82) is 5.26 Å². The molecule has 0 unspecified atom stereocenters. The molecule has 96 valence electrons. The molecule has 2 aromatic rings. The number of hydrogen-bond acceptors (Lipinski definition) is 4. The summed E-state index contributed by atoms with van der Waals surface area (Å²) in [7, 11) is -3.92. The molecule has 2 rings (SSSR count). The normalized spacial score (nSPS) is 10.7. The van der Waals surface area contributed by atoms with Crippen LogP contribution in [0.4, 0.5) is 0 Å². The van der Waals surface area contributed by atoms with E-state index in [4.69, 9.17) is 9.44 Å². The second kappa shape index (κ2) is 5.12. The second-order valence-electron chi connectivity index (χ2n) is 3.96. The summed E-state index contributed by atoms with van der Waals surface area (Å²) in [4.78, 5) is 0.0697. The highest BCUT2D eigenvalue weighted by Gasteiger charge is 2.18. The van der Waals surface area contributed by atoms with Crippen LogP contribution in [0.3, 0.4) is 0 Å². The molecule has 0 radical (unpaired) electrons. The third-order valence-electron chi connectivity index (χ3n) is 2.49. The summed E-state index contributed by atoms with van der Waals surface area (Å²) in [6.07, 6.45) is 0. The molecule has 0 aliphatic heterocycles. The van der Waals surface area contributed by atoms with Crippen molar-refractivity contribution >= 4 is 10.1 Å². The van der Waals surface area contributed by atoms with E-state index in [9.17, 15) is 8.42 Å². The van der Waals surface area contributed by atoms with Crippen LogP contribution in [-0.4, -0.2) is 8.42 Å². The zero-order valence-electron chi connectivity index (χ0n) is 10.2. The Balaban J connectivity index is 2.40. The SMILES string of the molecule is Cc1cccc(S(=O)(=O)Oc2ccccc2C#N)c1. The van der Waals surface area contributed by atoms with Gasteiger partial charge in [0.25, 0.3) is 0 Å². The lowest BCUT2D eigenvalue weighted by atomic mass is 10.2. The molecule has 0 atom stereocenters. The van der Waals surface area contributed by atoms with Gasteiger partial charge in [-0.2, -0.15) is 13.7 Å². The van der Waals surface area contributed by atoms with E-state index >= 15 is 0 Å². The van der Waals surface area contributed by atoms with E-state index in [-0.39, 0.29) is 16.2 Å². The smallest absolute Gasteiger partial charge is 0.339 e. The van der Waals surface area contributed by atoms with Crippen molar-refractivity contribution in [3.63, 3.8) is 0 Å². The highest BCUT2D eigenvalue weighted by molar-refractivity contribution is 7.87. The lowest BCUT2D eigenvalue weighted by molar-refractivity contribution is 0.485. The first-order valence-electron chi connectivity index (χ1n) is 5.53. The van der Waals surface area contributed by atoms with Crippen molar-refractivity contribution < 1.29 is 12.6 Å². The topological polar surface area (TPSA) is 67.2 Å². The van der Waals surface area contributed by atoms with Gasteiger partial charge in [0, 0.05) is 0 Å². The number of para-hydroxylation sites is 1. The summed E-state index contributed by atoms with van der Waals surface area (Å²) in [5.41, 5.74) is 0.997. The van der Waals surface area contributed by atoms with Gasteiger partial charge in [-0.3, -0.25) is 0 Å². The lowest BCUT2D eigenvalue weighted by Crippen LogP contribution is -2.10. The highest BCUT2D eigenvalue weighted by atomic mass is 32.2. The second-order valence-corrected chi connectivity index (χ2v) is 5.51. The number of rotatable bonds is 3. The van der Waals surface area contributed by atoms with Crippen LogP contribution in [-0.2, 0) is 10.1 Å². The maximum absolute atomic E-state index is 12.1. The molecule has 2 aromatic carbocycles. The van der Waals surface area contributed by atoms with Gasteiger partial charge >= 0.3 is 10.1 Å². The van der Waals surface area contributed by atoms with Crippen molar-refractivity contribution in [2.45, 2.75) is 11.8 Å². The Morgan fingerprint density at radius 1 is 1.11 bits per heavy atom. The largest absolute Gasteiger partial charge is 0.378 e. The molecule has 0 aliphatic carbocycles. The highest BCUT2D eigenvalue weighted by Crippen LogP contribution is 2.22. The average Bonchev–Trinajstić information content (AvgIpc) is 2.39. The molecule has 0 bridgehead atoms. The van der Waals surface area contributed by atoms with Gasteiger partial charge in [0.15, 0.2) is 5.75 Å². The van der Waals surface area contributed by atoms with Crippen molar-refractivity contribution in [3.8, 4) is 11.8 Å². The number of hydrogen-bond donors (Lipinski definition) is 0. The average molecular weight is 273 g/mol. The van der Waals surface area contributed by atoms with Crippen LogP contribution in [0.15, 0.2) is 53.4 Å². The third-order valence-corrected chi connectivity index (χ3v) is 3.72. The minimum absolute atomic E-state index is 0.0338. The molecule has 0 aromatic heterocycles. The Morgan fingerprint density at radius 3 is 2.53 bits per heavy atom. The monoisotopic (exact) mass is 273 g/mol. The molecule has 0 amide bonds.